The van der Waals surface area contributed by atoms with Gasteiger partial charge in [0.15, 0.2) is 0 Å². The predicted molar refractivity (Wildman–Crippen MR) is 67.4 cm³/mol. The van der Waals surface area contributed by atoms with Crippen LogP contribution < -0.4 is 11.2 Å². The minimum Gasteiger partial charge on any atom is -0.297 e. The summed E-state index contributed by atoms with van der Waals surface area (Å²) in [6.45, 7) is 1.29. The molecule has 0 aliphatic carbocycles. The average Bonchev–Trinajstić information content (AvgIpc) is 2.28. The second-order valence-electron chi connectivity index (χ2n) is 4.09. The molecule has 0 aliphatic rings. The summed E-state index contributed by atoms with van der Waals surface area (Å²) in [4.78, 5) is 25.5. The van der Waals surface area contributed by atoms with E-state index in [0.717, 1.165) is 12.1 Å². The number of nitrogens with one attached hydrogen (secondary N) is 1. The molecule has 2 aromatic rings. The second-order valence-corrected chi connectivity index (χ2v) is 4.50. The highest BCUT2D eigenvalue weighted by Gasteiger charge is 2.32. The third-order valence-electron chi connectivity index (χ3n) is 2.68. The molecule has 1 aromatic heterocycles. The summed E-state index contributed by atoms with van der Waals surface area (Å²) in [5.74, 6) is 0. The second kappa shape index (κ2) is 4.82. The number of hydrogen-bond donors (Lipinski definition) is 1. The van der Waals surface area contributed by atoms with Crippen LogP contribution in [0.2, 0.25) is 5.15 Å². The Balaban J connectivity index is 2.73. The molecule has 106 valence electrons. The first-order valence-corrected chi connectivity index (χ1v) is 5.78. The van der Waals surface area contributed by atoms with Gasteiger partial charge in [0, 0.05) is 6.07 Å². The summed E-state index contributed by atoms with van der Waals surface area (Å²) in [6, 6.07) is 4.11. The molecule has 1 aromatic carbocycles. The summed E-state index contributed by atoms with van der Waals surface area (Å²) in [5.41, 5.74) is -2.79. The number of H-pyrrole nitrogens is 1. The minimum atomic E-state index is -4.57. The number of aromatic nitrogens is 2. The number of alkyl halides is 3. The summed E-state index contributed by atoms with van der Waals surface area (Å²) in [5, 5.41) is -0.181. The summed E-state index contributed by atoms with van der Waals surface area (Å²) in [6.07, 6.45) is -4.57. The number of benzene rings is 1. The van der Waals surface area contributed by atoms with E-state index in [0.29, 0.717) is 4.57 Å². The van der Waals surface area contributed by atoms with E-state index in [1.807, 2.05) is 0 Å². The van der Waals surface area contributed by atoms with E-state index in [1.54, 1.807) is 0 Å². The van der Waals surface area contributed by atoms with E-state index >= 15 is 0 Å². The number of halogens is 4. The molecule has 20 heavy (non-hydrogen) atoms. The Morgan fingerprint density at radius 1 is 1.20 bits per heavy atom. The summed E-state index contributed by atoms with van der Waals surface area (Å²) in [7, 11) is 0. The predicted octanol–water partition coefficient (Wildman–Crippen LogP) is 2.51. The zero-order chi connectivity index (χ0) is 15.1. The lowest BCUT2D eigenvalue weighted by Crippen LogP contribution is -2.33. The van der Waals surface area contributed by atoms with Crippen LogP contribution in [0.4, 0.5) is 13.2 Å². The van der Waals surface area contributed by atoms with E-state index in [1.165, 1.54) is 19.1 Å². The van der Waals surface area contributed by atoms with Crippen molar-refractivity contribution < 1.29 is 13.2 Å². The number of aromatic amines is 1. The molecule has 0 saturated carbocycles. The maximum atomic E-state index is 12.8. The fraction of sp³-hybridized carbons (Fsp3) is 0.167. The van der Waals surface area contributed by atoms with Crippen molar-refractivity contribution >= 4 is 11.6 Å². The highest BCUT2D eigenvalue weighted by molar-refractivity contribution is 6.29. The number of rotatable bonds is 1. The van der Waals surface area contributed by atoms with Crippen molar-refractivity contribution in [1.29, 1.82) is 0 Å². The van der Waals surface area contributed by atoms with Crippen LogP contribution in [0, 0.1) is 6.92 Å². The molecule has 0 radical (unpaired) electrons. The molecule has 8 heteroatoms. The zero-order valence-corrected chi connectivity index (χ0v) is 10.8. The van der Waals surface area contributed by atoms with E-state index in [-0.39, 0.29) is 16.4 Å². The van der Waals surface area contributed by atoms with Gasteiger partial charge in [0.25, 0.3) is 5.56 Å². The fourth-order valence-corrected chi connectivity index (χ4v) is 1.94. The van der Waals surface area contributed by atoms with E-state index < -0.39 is 23.0 Å². The molecule has 0 aliphatic heterocycles. The van der Waals surface area contributed by atoms with Crippen molar-refractivity contribution in [2.24, 2.45) is 0 Å². The minimum absolute atomic E-state index is 0.000286. The molecule has 0 atom stereocenters. The molecule has 2 rings (SSSR count). The topological polar surface area (TPSA) is 54.9 Å². The first-order chi connectivity index (χ1) is 9.20. The summed E-state index contributed by atoms with van der Waals surface area (Å²) < 4.78 is 39.0. The lowest BCUT2D eigenvalue weighted by Gasteiger charge is -2.12. The van der Waals surface area contributed by atoms with Crippen LogP contribution in [0.3, 0.4) is 0 Å². The smallest absolute Gasteiger partial charge is 0.297 e. The van der Waals surface area contributed by atoms with Gasteiger partial charge in [0.1, 0.15) is 5.15 Å². The quantitative estimate of drug-likeness (QED) is 0.823. The highest BCUT2D eigenvalue weighted by atomic mass is 35.5. The van der Waals surface area contributed by atoms with Gasteiger partial charge in [-0.25, -0.2) is 9.36 Å². The van der Waals surface area contributed by atoms with Crippen molar-refractivity contribution in [3.8, 4) is 5.69 Å². The molecule has 1 N–H and O–H groups in total. The highest BCUT2D eigenvalue weighted by Crippen LogP contribution is 2.32. The van der Waals surface area contributed by atoms with Gasteiger partial charge in [-0.05, 0) is 24.6 Å². The Kier molecular flexibility index (Phi) is 3.47. The van der Waals surface area contributed by atoms with Gasteiger partial charge in [-0.2, -0.15) is 13.2 Å². The van der Waals surface area contributed by atoms with Gasteiger partial charge in [0.2, 0.25) is 0 Å². The van der Waals surface area contributed by atoms with Crippen LogP contribution in [0.25, 0.3) is 5.69 Å². The Bertz CT molecular complexity index is 746. The standard InChI is InChI=1S/C12H8ClF3N2O2/c1-6-2-3-7(4-8(6)12(14,15)16)18-10(19)5-9(13)17-11(18)20/h2-5H,1H3,(H,17,20). The molecule has 1 heterocycles. The van der Waals surface area contributed by atoms with Gasteiger partial charge in [0.05, 0.1) is 11.3 Å². The molecular weight excluding hydrogens is 297 g/mol. The van der Waals surface area contributed by atoms with Gasteiger partial charge in [-0.3, -0.25) is 9.78 Å². The first-order valence-electron chi connectivity index (χ1n) is 5.40. The van der Waals surface area contributed by atoms with Crippen molar-refractivity contribution in [3.05, 3.63) is 61.4 Å². The molecule has 0 saturated heterocycles. The molecule has 0 amide bonds. The maximum Gasteiger partial charge on any atom is 0.416 e. The van der Waals surface area contributed by atoms with Crippen LogP contribution in [0.15, 0.2) is 33.9 Å². The summed E-state index contributed by atoms with van der Waals surface area (Å²) >= 11 is 5.49. The Morgan fingerprint density at radius 3 is 2.40 bits per heavy atom. The van der Waals surface area contributed by atoms with Crippen LogP contribution in [-0.4, -0.2) is 9.55 Å². The van der Waals surface area contributed by atoms with E-state index in [9.17, 15) is 22.8 Å². The van der Waals surface area contributed by atoms with Crippen molar-refractivity contribution in [1.82, 2.24) is 9.55 Å². The van der Waals surface area contributed by atoms with Crippen molar-refractivity contribution in [2.75, 3.05) is 0 Å². The number of aryl methyl sites for hydroxylation is 1. The number of nitrogens with zero attached hydrogens (tertiary/aromatic N) is 1. The average molecular weight is 305 g/mol. The van der Waals surface area contributed by atoms with Crippen LogP contribution >= 0.6 is 11.6 Å². The Morgan fingerprint density at radius 2 is 1.85 bits per heavy atom. The number of hydrogen-bond acceptors (Lipinski definition) is 2. The lowest BCUT2D eigenvalue weighted by molar-refractivity contribution is -0.138. The molecule has 0 fully saturated rings. The van der Waals surface area contributed by atoms with Gasteiger partial charge >= 0.3 is 11.9 Å². The normalized spacial score (nSPS) is 11.7. The third-order valence-corrected chi connectivity index (χ3v) is 2.89. The molecule has 4 nitrogen and oxygen atoms in total. The largest absolute Gasteiger partial charge is 0.416 e. The lowest BCUT2D eigenvalue weighted by atomic mass is 10.1. The van der Waals surface area contributed by atoms with E-state index in [4.69, 9.17) is 11.6 Å². The van der Waals surface area contributed by atoms with Gasteiger partial charge in [-0.1, -0.05) is 17.7 Å². The Labute approximate surface area is 115 Å². The van der Waals surface area contributed by atoms with Crippen LogP contribution in [-0.2, 0) is 6.18 Å². The maximum absolute atomic E-state index is 12.8. The molecular formula is C12H8ClF3N2O2. The third kappa shape index (κ3) is 2.62. The Hall–Kier alpha value is -2.02. The zero-order valence-electron chi connectivity index (χ0n) is 10.1. The molecule has 0 unspecified atom stereocenters. The SMILES string of the molecule is Cc1ccc(-n2c(=O)cc(Cl)[nH]c2=O)cc1C(F)(F)F. The first kappa shape index (κ1) is 14.4. The van der Waals surface area contributed by atoms with E-state index in [2.05, 4.69) is 4.98 Å². The van der Waals surface area contributed by atoms with Crippen molar-refractivity contribution in [2.45, 2.75) is 13.1 Å². The van der Waals surface area contributed by atoms with Gasteiger partial charge in [-0.15, -0.1) is 0 Å². The van der Waals surface area contributed by atoms with Gasteiger partial charge < -0.3 is 0 Å². The fourth-order valence-electron chi connectivity index (χ4n) is 1.77. The van der Waals surface area contributed by atoms with Crippen molar-refractivity contribution in [3.63, 3.8) is 0 Å². The molecule has 0 bridgehead atoms. The van der Waals surface area contributed by atoms with Crippen LogP contribution in [0.5, 0.6) is 0 Å². The molecule has 0 spiro atoms. The monoisotopic (exact) mass is 304 g/mol. The van der Waals surface area contributed by atoms with Crippen LogP contribution in [0.1, 0.15) is 11.1 Å².